The smallest absolute Gasteiger partial charge is 0.191 e. The second kappa shape index (κ2) is 7.91. The van der Waals surface area contributed by atoms with Crippen molar-refractivity contribution in [3.05, 3.63) is 21.9 Å². The highest BCUT2D eigenvalue weighted by atomic mass is 35.5. The summed E-state index contributed by atoms with van der Waals surface area (Å²) in [5, 5.41) is 7.17. The summed E-state index contributed by atoms with van der Waals surface area (Å²) in [6.45, 7) is 1.04. The van der Waals surface area contributed by atoms with Crippen molar-refractivity contribution in [1.82, 2.24) is 15.2 Å². The van der Waals surface area contributed by atoms with Gasteiger partial charge in [0, 0.05) is 32.6 Å². The highest BCUT2D eigenvalue weighted by Gasteiger charge is 2.09. The first-order chi connectivity index (χ1) is 9.74. The van der Waals surface area contributed by atoms with E-state index in [1.165, 1.54) is 6.26 Å². The zero-order valence-electron chi connectivity index (χ0n) is 12.3. The molecule has 0 aromatic carbocycles. The number of aliphatic imine (C=N–C) groups is 1. The van der Waals surface area contributed by atoms with Crippen LogP contribution in [-0.2, 0) is 23.4 Å². The summed E-state index contributed by atoms with van der Waals surface area (Å²) < 4.78 is 23.8. The van der Waals surface area contributed by atoms with Crippen LogP contribution >= 0.6 is 23.2 Å². The number of nitrogens with one attached hydrogen (secondary N) is 2. The van der Waals surface area contributed by atoms with Crippen LogP contribution in [0.5, 0.6) is 0 Å². The molecule has 0 aliphatic heterocycles. The van der Waals surface area contributed by atoms with Gasteiger partial charge >= 0.3 is 0 Å². The van der Waals surface area contributed by atoms with Crippen LogP contribution < -0.4 is 10.6 Å². The van der Waals surface area contributed by atoms with Crippen molar-refractivity contribution >= 4 is 39.0 Å². The van der Waals surface area contributed by atoms with Crippen LogP contribution in [-0.4, -0.2) is 44.5 Å². The average Bonchev–Trinajstić information content (AvgIpc) is 2.64. The maximum Gasteiger partial charge on any atom is 0.191 e. The third kappa shape index (κ3) is 6.15. The molecule has 1 heterocycles. The first-order valence-corrected chi connectivity index (χ1v) is 9.18. The normalized spacial score (nSPS) is 12.5. The van der Waals surface area contributed by atoms with Gasteiger partial charge in [-0.2, -0.15) is 0 Å². The van der Waals surface area contributed by atoms with Crippen molar-refractivity contribution in [2.75, 3.05) is 25.6 Å². The van der Waals surface area contributed by atoms with Crippen LogP contribution in [0.15, 0.2) is 11.1 Å². The SMILES string of the molecule is CN=C(NCCCS(C)(=O)=O)NCc1cc(Cl)c(Cl)n1C. The number of hydrogen-bond acceptors (Lipinski definition) is 3. The van der Waals surface area contributed by atoms with Gasteiger partial charge in [0.15, 0.2) is 5.96 Å². The maximum atomic E-state index is 11.0. The van der Waals surface area contributed by atoms with Gasteiger partial charge in [-0.1, -0.05) is 23.2 Å². The van der Waals surface area contributed by atoms with E-state index in [-0.39, 0.29) is 5.75 Å². The van der Waals surface area contributed by atoms with Gasteiger partial charge in [0.05, 0.1) is 17.3 Å². The molecule has 0 aliphatic carbocycles. The summed E-state index contributed by atoms with van der Waals surface area (Å²) in [6, 6.07) is 1.79. The Morgan fingerprint density at radius 1 is 1.38 bits per heavy atom. The minimum atomic E-state index is -2.92. The van der Waals surface area contributed by atoms with Crippen LogP contribution in [0.4, 0.5) is 0 Å². The second-order valence-electron chi connectivity index (χ2n) is 4.67. The average molecular weight is 355 g/mol. The van der Waals surface area contributed by atoms with E-state index in [1.807, 2.05) is 7.05 Å². The van der Waals surface area contributed by atoms with Gasteiger partial charge in [-0.05, 0) is 12.5 Å². The Kier molecular flexibility index (Phi) is 6.83. The molecule has 0 spiro atoms. The zero-order valence-corrected chi connectivity index (χ0v) is 14.6. The molecule has 0 fully saturated rings. The number of nitrogens with zero attached hydrogens (tertiary/aromatic N) is 2. The fourth-order valence-electron chi connectivity index (χ4n) is 1.69. The Morgan fingerprint density at radius 3 is 2.52 bits per heavy atom. The fourth-order valence-corrected chi connectivity index (χ4v) is 2.78. The standard InChI is InChI=1S/C12H20Cl2N4O2S/c1-15-12(16-5-4-6-21(3,19)20)17-8-9-7-10(13)11(14)18(9)2/h7H,4-6,8H2,1-3H3,(H2,15,16,17). The first kappa shape index (κ1) is 18.1. The van der Waals surface area contributed by atoms with E-state index < -0.39 is 9.84 Å². The molecule has 0 saturated carbocycles. The Labute approximate surface area is 135 Å². The molecule has 1 rings (SSSR count). The van der Waals surface area contributed by atoms with E-state index >= 15 is 0 Å². The molecule has 0 radical (unpaired) electrons. The Morgan fingerprint density at radius 2 is 2.05 bits per heavy atom. The van der Waals surface area contributed by atoms with Crippen molar-refractivity contribution in [3.8, 4) is 0 Å². The van der Waals surface area contributed by atoms with Crippen LogP contribution in [0.25, 0.3) is 0 Å². The molecular formula is C12H20Cl2N4O2S. The highest BCUT2D eigenvalue weighted by Crippen LogP contribution is 2.24. The lowest BCUT2D eigenvalue weighted by Crippen LogP contribution is -2.38. The van der Waals surface area contributed by atoms with Crippen LogP contribution in [0.1, 0.15) is 12.1 Å². The van der Waals surface area contributed by atoms with Crippen molar-refractivity contribution in [2.24, 2.45) is 12.0 Å². The molecule has 21 heavy (non-hydrogen) atoms. The van der Waals surface area contributed by atoms with Gasteiger partial charge in [-0.3, -0.25) is 4.99 Å². The summed E-state index contributed by atoms with van der Waals surface area (Å²) in [5.74, 6) is 0.747. The highest BCUT2D eigenvalue weighted by molar-refractivity contribution is 7.90. The number of rotatable bonds is 6. The molecule has 1 aromatic heterocycles. The van der Waals surface area contributed by atoms with E-state index in [1.54, 1.807) is 17.7 Å². The molecular weight excluding hydrogens is 335 g/mol. The number of guanidine groups is 1. The van der Waals surface area contributed by atoms with E-state index in [0.29, 0.717) is 35.6 Å². The summed E-state index contributed by atoms with van der Waals surface area (Å²) >= 11 is 11.9. The third-order valence-electron chi connectivity index (χ3n) is 2.86. The molecule has 0 unspecified atom stereocenters. The Balaban J connectivity index is 2.43. The number of aromatic nitrogens is 1. The van der Waals surface area contributed by atoms with E-state index in [4.69, 9.17) is 23.2 Å². The van der Waals surface area contributed by atoms with Gasteiger partial charge in [-0.15, -0.1) is 0 Å². The van der Waals surface area contributed by atoms with Crippen molar-refractivity contribution in [3.63, 3.8) is 0 Å². The van der Waals surface area contributed by atoms with Crippen molar-refractivity contribution in [2.45, 2.75) is 13.0 Å². The zero-order chi connectivity index (χ0) is 16.0. The topological polar surface area (TPSA) is 75.5 Å². The molecule has 0 saturated heterocycles. The molecule has 0 amide bonds. The maximum absolute atomic E-state index is 11.0. The van der Waals surface area contributed by atoms with E-state index in [9.17, 15) is 8.42 Å². The number of halogens is 2. The van der Waals surface area contributed by atoms with E-state index in [0.717, 1.165) is 5.69 Å². The van der Waals surface area contributed by atoms with Crippen LogP contribution in [0.2, 0.25) is 10.2 Å². The van der Waals surface area contributed by atoms with Crippen LogP contribution in [0.3, 0.4) is 0 Å². The minimum Gasteiger partial charge on any atom is -0.356 e. The molecule has 120 valence electrons. The Bertz CT molecular complexity index is 611. The summed E-state index contributed by atoms with van der Waals surface area (Å²) in [7, 11) is 0.552. The molecule has 9 heteroatoms. The molecule has 0 atom stereocenters. The number of hydrogen-bond donors (Lipinski definition) is 2. The predicted octanol–water partition coefficient (Wildman–Crippen LogP) is 1.43. The van der Waals surface area contributed by atoms with Gasteiger partial charge in [-0.25, -0.2) is 8.42 Å². The molecule has 6 nitrogen and oxygen atoms in total. The van der Waals surface area contributed by atoms with Gasteiger partial charge in [0.25, 0.3) is 0 Å². The molecule has 1 aromatic rings. The summed E-state index contributed by atoms with van der Waals surface area (Å²) in [5.41, 5.74) is 0.920. The van der Waals surface area contributed by atoms with Gasteiger partial charge in [0.2, 0.25) is 0 Å². The molecule has 0 aliphatic rings. The number of sulfone groups is 1. The second-order valence-corrected chi connectivity index (χ2v) is 7.69. The van der Waals surface area contributed by atoms with Gasteiger partial charge in [0.1, 0.15) is 15.0 Å². The molecule has 2 N–H and O–H groups in total. The summed E-state index contributed by atoms with van der Waals surface area (Å²) in [6.07, 6.45) is 1.75. The van der Waals surface area contributed by atoms with Crippen molar-refractivity contribution in [1.29, 1.82) is 0 Å². The fraction of sp³-hybridized carbons (Fsp3) is 0.583. The summed E-state index contributed by atoms with van der Waals surface area (Å²) in [4.78, 5) is 4.07. The lowest BCUT2D eigenvalue weighted by Gasteiger charge is -2.12. The first-order valence-electron chi connectivity index (χ1n) is 6.36. The largest absolute Gasteiger partial charge is 0.356 e. The third-order valence-corrected chi connectivity index (χ3v) is 4.73. The monoisotopic (exact) mass is 354 g/mol. The Hall–Kier alpha value is -0.920. The van der Waals surface area contributed by atoms with Crippen LogP contribution in [0, 0.1) is 0 Å². The van der Waals surface area contributed by atoms with Gasteiger partial charge < -0.3 is 15.2 Å². The predicted molar refractivity (Wildman–Crippen MR) is 88.0 cm³/mol. The van der Waals surface area contributed by atoms with Crippen molar-refractivity contribution < 1.29 is 8.42 Å². The molecule has 0 bridgehead atoms. The minimum absolute atomic E-state index is 0.153. The lowest BCUT2D eigenvalue weighted by molar-refractivity contribution is 0.598. The van der Waals surface area contributed by atoms with E-state index in [2.05, 4.69) is 15.6 Å². The lowest BCUT2D eigenvalue weighted by atomic mass is 10.4. The quantitative estimate of drug-likeness (QED) is 0.460.